The van der Waals surface area contributed by atoms with Crippen LogP contribution < -0.4 is 14.2 Å². The molecule has 0 spiro atoms. The van der Waals surface area contributed by atoms with Crippen molar-refractivity contribution >= 4 is 0 Å². The summed E-state index contributed by atoms with van der Waals surface area (Å²) in [6.07, 6.45) is 2.44. The Labute approximate surface area is 156 Å². The van der Waals surface area contributed by atoms with E-state index in [1.807, 2.05) is 12.1 Å². The van der Waals surface area contributed by atoms with Crippen molar-refractivity contribution < 1.29 is 23.0 Å². The molecule has 2 atom stereocenters. The Morgan fingerprint density at radius 2 is 2.11 bits per heavy atom. The van der Waals surface area contributed by atoms with Crippen LogP contribution in [0.4, 0.5) is 8.78 Å². The molecule has 0 N–H and O–H groups in total. The molecule has 0 radical (unpaired) electrons. The Bertz CT molecular complexity index is 821. The molecule has 2 aromatic rings. The second-order valence-corrected chi connectivity index (χ2v) is 6.73. The predicted octanol–water partition coefficient (Wildman–Crippen LogP) is 3.13. The van der Waals surface area contributed by atoms with Gasteiger partial charge in [0.15, 0.2) is 11.6 Å². The van der Waals surface area contributed by atoms with Gasteiger partial charge in [0, 0.05) is 18.7 Å². The zero-order chi connectivity index (χ0) is 18.8. The van der Waals surface area contributed by atoms with Crippen LogP contribution in [0.2, 0.25) is 0 Å². The molecular formula is C19H21F2N3O3. The number of hydrogen-bond donors (Lipinski definition) is 0. The molecule has 27 heavy (non-hydrogen) atoms. The van der Waals surface area contributed by atoms with Crippen LogP contribution >= 0.6 is 0 Å². The highest BCUT2D eigenvalue weighted by Gasteiger charge is 2.28. The second kappa shape index (κ2) is 7.64. The van der Waals surface area contributed by atoms with Gasteiger partial charge in [-0.15, -0.1) is 0 Å². The van der Waals surface area contributed by atoms with E-state index in [0.29, 0.717) is 31.4 Å². The summed E-state index contributed by atoms with van der Waals surface area (Å²) in [6, 6.07) is 4.63. The minimum Gasteiger partial charge on any atom is -0.484 e. The van der Waals surface area contributed by atoms with Crippen molar-refractivity contribution in [1.29, 1.82) is 0 Å². The van der Waals surface area contributed by atoms with Gasteiger partial charge in [-0.3, -0.25) is 4.90 Å². The first-order valence-corrected chi connectivity index (χ1v) is 9.08. The standard InChI is InChI=1S/C19H21F2N3O3/c1-12(16-4-5-17-19(23-16)26-8-7-25-17)24-6-2-3-14(11-24)27-18-15(21)9-13(20)10-22-18/h4-5,9-10,12,14H,2-3,6-8,11H2,1H3. The van der Waals surface area contributed by atoms with Gasteiger partial charge in [-0.2, -0.15) is 0 Å². The third-order valence-electron chi connectivity index (χ3n) is 4.86. The number of hydrogen-bond acceptors (Lipinski definition) is 6. The highest BCUT2D eigenvalue weighted by atomic mass is 19.1. The van der Waals surface area contributed by atoms with Crippen molar-refractivity contribution in [3.05, 3.63) is 41.7 Å². The van der Waals surface area contributed by atoms with Crippen LogP contribution in [0, 0.1) is 11.6 Å². The SMILES string of the molecule is CC(c1ccc2c(n1)OCCO2)N1CCCC(Oc2ncc(F)cc2F)C1. The number of piperidine rings is 1. The van der Waals surface area contributed by atoms with Crippen molar-refractivity contribution in [2.75, 3.05) is 26.3 Å². The first-order chi connectivity index (χ1) is 13.1. The van der Waals surface area contributed by atoms with Gasteiger partial charge < -0.3 is 14.2 Å². The number of aromatic nitrogens is 2. The second-order valence-electron chi connectivity index (χ2n) is 6.73. The zero-order valence-electron chi connectivity index (χ0n) is 15.0. The number of rotatable bonds is 4. The van der Waals surface area contributed by atoms with Crippen molar-refractivity contribution in [2.24, 2.45) is 0 Å². The maximum Gasteiger partial charge on any atom is 0.257 e. The van der Waals surface area contributed by atoms with Crippen molar-refractivity contribution in [2.45, 2.75) is 31.9 Å². The molecule has 2 aliphatic heterocycles. The van der Waals surface area contributed by atoms with E-state index in [2.05, 4.69) is 21.8 Å². The van der Waals surface area contributed by atoms with Crippen LogP contribution in [-0.4, -0.2) is 47.3 Å². The summed E-state index contributed by atoms with van der Waals surface area (Å²) >= 11 is 0. The molecule has 144 valence electrons. The van der Waals surface area contributed by atoms with E-state index in [-0.39, 0.29) is 18.0 Å². The van der Waals surface area contributed by atoms with Crippen LogP contribution in [0.1, 0.15) is 31.5 Å². The van der Waals surface area contributed by atoms with Crippen molar-refractivity contribution in [3.63, 3.8) is 0 Å². The molecule has 4 rings (SSSR count). The topological polar surface area (TPSA) is 56.7 Å². The van der Waals surface area contributed by atoms with E-state index >= 15 is 0 Å². The largest absolute Gasteiger partial charge is 0.484 e. The van der Waals surface area contributed by atoms with Crippen LogP contribution in [0.5, 0.6) is 17.5 Å². The normalized spacial score (nSPS) is 20.9. The molecule has 0 amide bonds. The Morgan fingerprint density at radius 1 is 1.26 bits per heavy atom. The van der Waals surface area contributed by atoms with E-state index in [4.69, 9.17) is 14.2 Å². The summed E-state index contributed by atoms with van der Waals surface area (Å²) in [7, 11) is 0. The molecule has 4 heterocycles. The predicted molar refractivity (Wildman–Crippen MR) is 93.0 cm³/mol. The number of halogens is 2. The van der Waals surface area contributed by atoms with Crippen LogP contribution in [-0.2, 0) is 0 Å². The number of nitrogens with zero attached hydrogens (tertiary/aromatic N) is 3. The quantitative estimate of drug-likeness (QED) is 0.816. The van der Waals surface area contributed by atoms with E-state index in [1.165, 1.54) is 0 Å². The molecule has 0 bridgehead atoms. The molecule has 0 aromatic carbocycles. The lowest BCUT2D eigenvalue weighted by atomic mass is 10.0. The molecule has 2 aromatic heterocycles. The van der Waals surface area contributed by atoms with Gasteiger partial charge in [0.25, 0.3) is 11.8 Å². The number of likely N-dealkylation sites (tertiary alicyclic amines) is 1. The summed E-state index contributed by atoms with van der Waals surface area (Å²) in [5.74, 6) is -0.478. The molecule has 1 saturated heterocycles. The molecule has 8 heteroatoms. The monoisotopic (exact) mass is 377 g/mol. The Morgan fingerprint density at radius 3 is 2.96 bits per heavy atom. The smallest absolute Gasteiger partial charge is 0.257 e. The molecule has 6 nitrogen and oxygen atoms in total. The lowest BCUT2D eigenvalue weighted by Gasteiger charge is -2.36. The maximum atomic E-state index is 13.8. The Balaban J connectivity index is 1.44. The van der Waals surface area contributed by atoms with Gasteiger partial charge >= 0.3 is 0 Å². The highest BCUT2D eigenvalue weighted by molar-refractivity contribution is 5.36. The van der Waals surface area contributed by atoms with Gasteiger partial charge in [0.05, 0.1) is 11.9 Å². The molecule has 0 saturated carbocycles. The Hall–Kier alpha value is -2.48. The summed E-state index contributed by atoms with van der Waals surface area (Å²) in [5, 5.41) is 0. The summed E-state index contributed by atoms with van der Waals surface area (Å²) in [6.45, 7) is 4.58. The first-order valence-electron chi connectivity index (χ1n) is 9.08. The molecule has 2 unspecified atom stereocenters. The lowest BCUT2D eigenvalue weighted by Crippen LogP contribution is -2.42. The van der Waals surface area contributed by atoms with E-state index < -0.39 is 11.6 Å². The fourth-order valence-corrected chi connectivity index (χ4v) is 3.43. The zero-order valence-corrected chi connectivity index (χ0v) is 15.0. The molecule has 0 aliphatic carbocycles. The number of pyridine rings is 2. The summed E-state index contributed by atoms with van der Waals surface area (Å²) in [4.78, 5) is 10.5. The Kier molecular flexibility index (Phi) is 5.07. The lowest BCUT2D eigenvalue weighted by molar-refractivity contribution is 0.0587. The van der Waals surface area contributed by atoms with E-state index in [0.717, 1.165) is 37.3 Å². The van der Waals surface area contributed by atoms with Gasteiger partial charge in [0.1, 0.15) is 25.1 Å². The highest BCUT2D eigenvalue weighted by Crippen LogP contribution is 2.32. The van der Waals surface area contributed by atoms with Crippen LogP contribution in [0.3, 0.4) is 0 Å². The maximum absolute atomic E-state index is 13.8. The van der Waals surface area contributed by atoms with E-state index in [9.17, 15) is 8.78 Å². The van der Waals surface area contributed by atoms with Gasteiger partial charge in [-0.25, -0.2) is 18.7 Å². The van der Waals surface area contributed by atoms with E-state index in [1.54, 1.807) is 0 Å². The van der Waals surface area contributed by atoms with Gasteiger partial charge in [0.2, 0.25) is 0 Å². The molecule has 1 fully saturated rings. The average molecular weight is 377 g/mol. The fourth-order valence-electron chi connectivity index (χ4n) is 3.43. The van der Waals surface area contributed by atoms with Crippen molar-refractivity contribution in [1.82, 2.24) is 14.9 Å². The van der Waals surface area contributed by atoms with Crippen LogP contribution in [0.15, 0.2) is 24.4 Å². The summed E-state index contributed by atoms with van der Waals surface area (Å²) in [5.41, 5.74) is 0.881. The van der Waals surface area contributed by atoms with Gasteiger partial charge in [-0.1, -0.05) is 0 Å². The molecular weight excluding hydrogens is 356 g/mol. The third-order valence-corrected chi connectivity index (χ3v) is 4.86. The van der Waals surface area contributed by atoms with Crippen LogP contribution in [0.25, 0.3) is 0 Å². The fraction of sp³-hybridized carbons (Fsp3) is 0.474. The van der Waals surface area contributed by atoms with Gasteiger partial charge in [-0.05, 0) is 38.4 Å². The minimum absolute atomic E-state index is 0.0400. The molecule has 2 aliphatic rings. The number of fused-ring (bicyclic) bond motifs is 1. The third kappa shape index (κ3) is 3.95. The number of ether oxygens (including phenoxy) is 3. The first kappa shape index (κ1) is 17.9. The summed E-state index contributed by atoms with van der Waals surface area (Å²) < 4.78 is 43.6. The van der Waals surface area contributed by atoms with Crippen molar-refractivity contribution in [3.8, 4) is 17.5 Å². The minimum atomic E-state index is -0.784. The average Bonchev–Trinajstić information content (AvgIpc) is 2.69.